The van der Waals surface area contributed by atoms with Crippen LogP contribution < -0.4 is 5.32 Å². The number of hydrogen-bond donors (Lipinski definition) is 1. The Morgan fingerprint density at radius 2 is 2.17 bits per heavy atom. The number of urea groups is 1. The number of aryl methyl sites for hydroxylation is 1. The highest BCUT2D eigenvalue weighted by atomic mass is 35.5. The molecule has 2 amide bonds. The molecule has 0 spiro atoms. The van der Waals surface area contributed by atoms with Crippen molar-refractivity contribution in [2.45, 2.75) is 32.2 Å². The van der Waals surface area contributed by atoms with Crippen LogP contribution in [0.25, 0.3) is 0 Å². The molecule has 1 aliphatic rings. The summed E-state index contributed by atoms with van der Waals surface area (Å²) in [5, 5.41) is 7.06. The summed E-state index contributed by atoms with van der Waals surface area (Å²) in [5.41, 5.74) is 1.57. The molecule has 1 aromatic heterocycles. The highest BCUT2D eigenvalue weighted by molar-refractivity contribution is 6.31. The molecule has 5 nitrogen and oxygen atoms in total. The standard InChI is InChI=1S/C17H19ClFN3O2/c1-11-8-16(24-21-11)12-4-6-22(7-5-12)17(23)20-10-13-2-3-14(19)9-15(13)18/h2-3,8-9,12H,4-7,10H2,1H3,(H,20,23). The first-order valence-corrected chi connectivity index (χ1v) is 8.30. The lowest BCUT2D eigenvalue weighted by atomic mass is 9.94. The summed E-state index contributed by atoms with van der Waals surface area (Å²) in [6.45, 7) is 3.50. The predicted octanol–water partition coefficient (Wildman–Crippen LogP) is 3.86. The van der Waals surface area contributed by atoms with Crippen LogP contribution in [-0.2, 0) is 6.54 Å². The van der Waals surface area contributed by atoms with Crippen LogP contribution in [0, 0.1) is 12.7 Å². The maximum absolute atomic E-state index is 13.0. The second-order valence-corrected chi connectivity index (χ2v) is 6.43. The van der Waals surface area contributed by atoms with Crippen LogP contribution >= 0.6 is 11.6 Å². The van der Waals surface area contributed by atoms with Crippen molar-refractivity contribution in [2.24, 2.45) is 0 Å². The van der Waals surface area contributed by atoms with Gasteiger partial charge in [-0.15, -0.1) is 0 Å². The number of nitrogens with one attached hydrogen (secondary N) is 1. The third-order valence-corrected chi connectivity index (χ3v) is 4.63. The molecule has 1 fully saturated rings. The number of halogens is 2. The second-order valence-electron chi connectivity index (χ2n) is 6.03. The Morgan fingerprint density at radius 3 is 2.79 bits per heavy atom. The van der Waals surface area contributed by atoms with Gasteiger partial charge in [-0.1, -0.05) is 22.8 Å². The van der Waals surface area contributed by atoms with Crippen molar-refractivity contribution in [1.29, 1.82) is 0 Å². The van der Waals surface area contributed by atoms with Crippen molar-refractivity contribution in [3.8, 4) is 0 Å². The van der Waals surface area contributed by atoms with Crippen LogP contribution in [0.5, 0.6) is 0 Å². The summed E-state index contributed by atoms with van der Waals surface area (Å²) in [7, 11) is 0. The molecule has 24 heavy (non-hydrogen) atoms. The van der Waals surface area contributed by atoms with Gasteiger partial charge in [-0.3, -0.25) is 0 Å². The van der Waals surface area contributed by atoms with Crippen molar-refractivity contribution in [1.82, 2.24) is 15.4 Å². The van der Waals surface area contributed by atoms with Gasteiger partial charge >= 0.3 is 6.03 Å². The molecule has 2 heterocycles. The molecule has 0 unspecified atom stereocenters. The molecular formula is C17H19ClFN3O2. The van der Waals surface area contributed by atoms with Crippen LogP contribution in [0.3, 0.4) is 0 Å². The highest BCUT2D eigenvalue weighted by Crippen LogP contribution is 2.28. The van der Waals surface area contributed by atoms with E-state index in [1.165, 1.54) is 12.1 Å². The van der Waals surface area contributed by atoms with Gasteiger partial charge in [-0.2, -0.15) is 0 Å². The van der Waals surface area contributed by atoms with E-state index in [2.05, 4.69) is 10.5 Å². The largest absolute Gasteiger partial charge is 0.361 e. The van der Waals surface area contributed by atoms with Gasteiger partial charge < -0.3 is 14.7 Å². The zero-order valence-corrected chi connectivity index (χ0v) is 14.1. The van der Waals surface area contributed by atoms with E-state index in [0.29, 0.717) is 29.6 Å². The number of piperidine rings is 1. The summed E-state index contributed by atoms with van der Waals surface area (Å²) < 4.78 is 18.3. The van der Waals surface area contributed by atoms with Crippen LogP contribution in [-0.4, -0.2) is 29.2 Å². The number of amides is 2. The summed E-state index contributed by atoms with van der Waals surface area (Å²) in [4.78, 5) is 14.0. The van der Waals surface area contributed by atoms with E-state index in [1.807, 2.05) is 13.0 Å². The van der Waals surface area contributed by atoms with Crippen LogP contribution in [0.2, 0.25) is 5.02 Å². The number of hydrogen-bond acceptors (Lipinski definition) is 3. The monoisotopic (exact) mass is 351 g/mol. The molecule has 1 aromatic carbocycles. The van der Waals surface area contributed by atoms with Gasteiger partial charge in [-0.05, 0) is 37.5 Å². The zero-order valence-electron chi connectivity index (χ0n) is 13.4. The van der Waals surface area contributed by atoms with E-state index >= 15 is 0 Å². The van der Waals surface area contributed by atoms with Crippen molar-refractivity contribution < 1.29 is 13.7 Å². The summed E-state index contributed by atoms with van der Waals surface area (Å²) >= 11 is 5.97. The molecule has 1 saturated heterocycles. The first kappa shape index (κ1) is 16.8. The van der Waals surface area contributed by atoms with Crippen LogP contribution in [0.4, 0.5) is 9.18 Å². The Labute approximate surface area is 144 Å². The van der Waals surface area contributed by atoms with Crippen LogP contribution in [0.1, 0.15) is 35.8 Å². The Balaban J connectivity index is 1.50. The molecule has 2 aromatic rings. The lowest BCUT2D eigenvalue weighted by molar-refractivity contribution is 0.176. The number of nitrogens with zero attached hydrogens (tertiary/aromatic N) is 2. The quantitative estimate of drug-likeness (QED) is 0.913. The summed E-state index contributed by atoms with van der Waals surface area (Å²) in [6.07, 6.45) is 1.69. The fraction of sp³-hybridized carbons (Fsp3) is 0.412. The third-order valence-electron chi connectivity index (χ3n) is 4.28. The molecule has 0 saturated carbocycles. The highest BCUT2D eigenvalue weighted by Gasteiger charge is 2.26. The number of carbonyl (C=O) groups is 1. The average molecular weight is 352 g/mol. The lowest BCUT2D eigenvalue weighted by Crippen LogP contribution is -2.43. The minimum Gasteiger partial charge on any atom is -0.361 e. The Kier molecular flexibility index (Phi) is 5.04. The first-order chi connectivity index (χ1) is 11.5. The zero-order chi connectivity index (χ0) is 17.1. The van der Waals surface area contributed by atoms with E-state index in [0.717, 1.165) is 24.3 Å². The summed E-state index contributed by atoms with van der Waals surface area (Å²) in [5.74, 6) is 0.812. The second kappa shape index (κ2) is 7.21. The minimum absolute atomic E-state index is 0.136. The fourth-order valence-electron chi connectivity index (χ4n) is 2.89. The van der Waals surface area contributed by atoms with E-state index in [1.54, 1.807) is 11.0 Å². The molecule has 0 atom stereocenters. The van der Waals surface area contributed by atoms with E-state index in [9.17, 15) is 9.18 Å². The smallest absolute Gasteiger partial charge is 0.317 e. The topological polar surface area (TPSA) is 58.4 Å². The number of benzene rings is 1. The Morgan fingerprint density at radius 1 is 1.42 bits per heavy atom. The lowest BCUT2D eigenvalue weighted by Gasteiger charge is -2.30. The van der Waals surface area contributed by atoms with Crippen LogP contribution in [0.15, 0.2) is 28.8 Å². The number of carbonyl (C=O) groups excluding carboxylic acids is 1. The molecule has 1 aliphatic heterocycles. The predicted molar refractivity (Wildman–Crippen MR) is 88.4 cm³/mol. The van der Waals surface area contributed by atoms with Crippen molar-refractivity contribution in [2.75, 3.05) is 13.1 Å². The molecule has 0 radical (unpaired) electrons. The first-order valence-electron chi connectivity index (χ1n) is 7.93. The minimum atomic E-state index is -0.389. The van der Waals surface area contributed by atoms with Gasteiger partial charge in [0.1, 0.15) is 11.6 Å². The van der Waals surface area contributed by atoms with Gasteiger partial charge in [0.25, 0.3) is 0 Å². The SMILES string of the molecule is Cc1cc(C2CCN(C(=O)NCc3ccc(F)cc3Cl)CC2)on1. The molecule has 7 heteroatoms. The van der Waals surface area contributed by atoms with Gasteiger partial charge in [0.15, 0.2) is 0 Å². The van der Waals surface area contributed by atoms with Gasteiger partial charge in [0, 0.05) is 36.6 Å². The number of rotatable bonds is 3. The van der Waals surface area contributed by atoms with Crippen molar-refractivity contribution >= 4 is 17.6 Å². The molecule has 1 N–H and O–H groups in total. The maximum atomic E-state index is 13.0. The van der Waals surface area contributed by atoms with Crippen molar-refractivity contribution in [3.05, 3.63) is 52.1 Å². The molecule has 3 rings (SSSR count). The average Bonchev–Trinajstić information content (AvgIpc) is 3.00. The van der Waals surface area contributed by atoms with E-state index < -0.39 is 0 Å². The van der Waals surface area contributed by atoms with Crippen molar-refractivity contribution in [3.63, 3.8) is 0 Å². The van der Waals surface area contributed by atoms with Gasteiger partial charge in [-0.25, -0.2) is 9.18 Å². The van der Waals surface area contributed by atoms with E-state index in [-0.39, 0.29) is 18.4 Å². The van der Waals surface area contributed by atoms with E-state index in [4.69, 9.17) is 16.1 Å². The Hall–Kier alpha value is -2.08. The molecule has 128 valence electrons. The third kappa shape index (κ3) is 3.87. The van der Waals surface area contributed by atoms with Gasteiger partial charge in [0.05, 0.1) is 5.69 Å². The maximum Gasteiger partial charge on any atom is 0.317 e. The molecule has 0 bridgehead atoms. The fourth-order valence-corrected chi connectivity index (χ4v) is 3.12. The molecule has 0 aliphatic carbocycles. The summed E-state index contributed by atoms with van der Waals surface area (Å²) in [6, 6.07) is 5.97. The van der Waals surface area contributed by atoms with Gasteiger partial charge in [0.2, 0.25) is 0 Å². The Bertz CT molecular complexity index is 726. The molecular weight excluding hydrogens is 333 g/mol. The number of aromatic nitrogens is 1. The normalized spacial score (nSPS) is 15.5. The number of likely N-dealkylation sites (tertiary alicyclic amines) is 1.